The molecule has 1 saturated heterocycles. The van der Waals surface area contributed by atoms with E-state index >= 15 is 0 Å². The minimum atomic E-state index is -0.972. The highest BCUT2D eigenvalue weighted by molar-refractivity contribution is 5.99. The first-order valence-electron chi connectivity index (χ1n) is 5.96. The van der Waals surface area contributed by atoms with E-state index in [-0.39, 0.29) is 19.1 Å². The fourth-order valence-electron chi connectivity index (χ4n) is 2.05. The first kappa shape index (κ1) is 13.4. The van der Waals surface area contributed by atoms with Crippen molar-refractivity contribution in [2.45, 2.75) is 13.0 Å². The fraction of sp³-hybridized carbons (Fsp3) is 0.385. The van der Waals surface area contributed by atoms with E-state index < -0.39 is 17.9 Å². The van der Waals surface area contributed by atoms with Crippen molar-refractivity contribution in [1.82, 2.24) is 5.32 Å². The number of ether oxygens (including phenoxy) is 1. The zero-order valence-corrected chi connectivity index (χ0v) is 10.6. The number of nitrogens with two attached hydrogens (primary N) is 1. The number of rotatable bonds is 3. The number of carbonyl (C=O) groups excluding carboxylic acids is 1. The van der Waals surface area contributed by atoms with Crippen molar-refractivity contribution >= 4 is 17.6 Å². The molecule has 2 atom stereocenters. The van der Waals surface area contributed by atoms with Gasteiger partial charge in [-0.25, -0.2) is 0 Å². The molecule has 6 nitrogen and oxygen atoms in total. The number of aryl methyl sites for hydroxylation is 1. The van der Waals surface area contributed by atoms with Gasteiger partial charge in [0.15, 0.2) is 0 Å². The van der Waals surface area contributed by atoms with E-state index in [2.05, 4.69) is 5.32 Å². The molecule has 4 N–H and O–H groups in total. The zero-order valence-electron chi connectivity index (χ0n) is 10.6. The van der Waals surface area contributed by atoms with Gasteiger partial charge in [0.25, 0.3) is 5.91 Å². The highest BCUT2D eigenvalue weighted by Crippen LogP contribution is 2.17. The Morgan fingerprint density at radius 3 is 2.84 bits per heavy atom. The standard InChI is InChI=1S/C13H16N2O4/c1-7-2-3-10(14)8(4-7)12(16)15-11-6-19-5-9(11)13(17)18/h2-4,9,11H,5-6,14H2,1H3,(H,15,16)(H,17,18). The van der Waals surface area contributed by atoms with Crippen molar-refractivity contribution in [3.05, 3.63) is 29.3 Å². The largest absolute Gasteiger partial charge is 0.481 e. The number of carboxylic acids is 1. The molecule has 0 spiro atoms. The molecule has 0 aromatic heterocycles. The van der Waals surface area contributed by atoms with Crippen LogP contribution in [0.4, 0.5) is 5.69 Å². The lowest BCUT2D eigenvalue weighted by atomic mass is 10.0. The predicted octanol–water partition coefficient (Wildman–Crippen LogP) is 0.407. The molecule has 1 aromatic carbocycles. The molecule has 0 bridgehead atoms. The van der Waals surface area contributed by atoms with Crippen molar-refractivity contribution < 1.29 is 19.4 Å². The summed E-state index contributed by atoms with van der Waals surface area (Å²) in [5, 5.41) is 11.7. The van der Waals surface area contributed by atoms with E-state index in [4.69, 9.17) is 15.6 Å². The van der Waals surface area contributed by atoms with Gasteiger partial charge in [-0.3, -0.25) is 9.59 Å². The quantitative estimate of drug-likeness (QED) is 0.686. The Morgan fingerprint density at radius 2 is 2.16 bits per heavy atom. The molecule has 102 valence electrons. The van der Waals surface area contributed by atoms with Gasteiger partial charge in [0.05, 0.1) is 24.8 Å². The number of amides is 1. The molecule has 1 amide bonds. The lowest BCUT2D eigenvalue weighted by Crippen LogP contribution is -2.42. The third-order valence-electron chi connectivity index (χ3n) is 3.17. The number of nitrogens with one attached hydrogen (secondary N) is 1. The first-order valence-corrected chi connectivity index (χ1v) is 5.96. The third-order valence-corrected chi connectivity index (χ3v) is 3.17. The van der Waals surface area contributed by atoms with E-state index in [9.17, 15) is 9.59 Å². The average molecular weight is 264 g/mol. The Morgan fingerprint density at radius 1 is 1.42 bits per heavy atom. The predicted molar refractivity (Wildman–Crippen MR) is 68.8 cm³/mol. The maximum atomic E-state index is 12.1. The number of carbonyl (C=O) groups is 2. The summed E-state index contributed by atoms with van der Waals surface area (Å²) in [5.41, 5.74) is 7.39. The van der Waals surface area contributed by atoms with E-state index in [1.807, 2.05) is 13.0 Å². The van der Waals surface area contributed by atoms with Gasteiger partial charge < -0.3 is 20.9 Å². The molecule has 1 fully saturated rings. The van der Waals surface area contributed by atoms with E-state index in [1.54, 1.807) is 12.1 Å². The average Bonchev–Trinajstić information content (AvgIpc) is 2.80. The van der Waals surface area contributed by atoms with Gasteiger partial charge in [-0.1, -0.05) is 11.6 Å². The van der Waals surface area contributed by atoms with Crippen molar-refractivity contribution in [1.29, 1.82) is 0 Å². The minimum Gasteiger partial charge on any atom is -0.481 e. The summed E-state index contributed by atoms with van der Waals surface area (Å²) in [5.74, 6) is -2.06. The summed E-state index contributed by atoms with van der Waals surface area (Å²) < 4.78 is 5.09. The van der Waals surface area contributed by atoms with Crippen LogP contribution in [0, 0.1) is 12.8 Å². The third kappa shape index (κ3) is 2.85. The summed E-state index contributed by atoms with van der Waals surface area (Å²) >= 11 is 0. The Hall–Kier alpha value is -2.08. The maximum Gasteiger partial charge on any atom is 0.311 e. The second-order valence-corrected chi connectivity index (χ2v) is 4.65. The number of carboxylic acid groups (broad SMARTS) is 1. The molecule has 0 saturated carbocycles. The molecule has 2 unspecified atom stereocenters. The molecular formula is C13H16N2O4. The molecular weight excluding hydrogens is 248 g/mol. The Balaban J connectivity index is 2.12. The molecule has 19 heavy (non-hydrogen) atoms. The van der Waals surface area contributed by atoms with Crippen molar-refractivity contribution in [3.63, 3.8) is 0 Å². The summed E-state index contributed by atoms with van der Waals surface area (Å²) in [6.45, 7) is 2.17. The van der Waals surface area contributed by atoms with Crippen LogP contribution in [-0.4, -0.2) is 36.2 Å². The van der Waals surface area contributed by atoms with Crippen molar-refractivity contribution in [2.24, 2.45) is 5.92 Å². The number of hydrogen-bond donors (Lipinski definition) is 3. The van der Waals surface area contributed by atoms with Gasteiger partial charge in [0.2, 0.25) is 0 Å². The maximum absolute atomic E-state index is 12.1. The fourth-order valence-corrected chi connectivity index (χ4v) is 2.05. The van der Waals surface area contributed by atoms with E-state index in [1.165, 1.54) is 0 Å². The number of anilines is 1. The van der Waals surface area contributed by atoms with Crippen LogP contribution in [0.25, 0.3) is 0 Å². The molecule has 2 rings (SSSR count). The first-order chi connectivity index (χ1) is 8.99. The molecule has 0 radical (unpaired) electrons. The van der Waals surface area contributed by atoms with Crippen molar-refractivity contribution in [3.8, 4) is 0 Å². The highest BCUT2D eigenvalue weighted by Gasteiger charge is 2.35. The monoisotopic (exact) mass is 264 g/mol. The van der Waals surface area contributed by atoms with Crippen LogP contribution in [-0.2, 0) is 9.53 Å². The minimum absolute atomic E-state index is 0.115. The van der Waals surface area contributed by atoms with Gasteiger partial charge in [-0.15, -0.1) is 0 Å². The molecule has 1 heterocycles. The second-order valence-electron chi connectivity index (χ2n) is 4.65. The second kappa shape index (κ2) is 5.27. The van der Waals surface area contributed by atoms with Crippen LogP contribution in [0.5, 0.6) is 0 Å². The molecule has 1 aliphatic rings. The van der Waals surface area contributed by atoms with Crippen LogP contribution < -0.4 is 11.1 Å². The zero-order chi connectivity index (χ0) is 14.0. The van der Waals surface area contributed by atoms with E-state index in [0.717, 1.165) is 5.56 Å². The Bertz CT molecular complexity index is 515. The van der Waals surface area contributed by atoms with Crippen LogP contribution in [0.2, 0.25) is 0 Å². The van der Waals surface area contributed by atoms with Crippen LogP contribution >= 0.6 is 0 Å². The normalized spacial score (nSPS) is 22.2. The SMILES string of the molecule is Cc1ccc(N)c(C(=O)NC2COCC2C(=O)O)c1. The lowest BCUT2D eigenvalue weighted by molar-refractivity contribution is -0.142. The summed E-state index contributed by atoms with van der Waals surface area (Å²) in [4.78, 5) is 23.1. The summed E-state index contributed by atoms with van der Waals surface area (Å²) in [7, 11) is 0. The topological polar surface area (TPSA) is 102 Å². The number of aliphatic carboxylic acids is 1. The molecule has 0 aliphatic carbocycles. The van der Waals surface area contributed by atoms with Gasteiger partial charge in [0.1, 0.15) is 5.92 Å². The van der Waals surface area contributed by atoms with Gasteiger partial charge >= 0.3 is 5.97 Å². The lowest BCUT2D eigenvalue weighted by Gasteiger charge is -2.16. The van der Waals surface area contributed by atoms with Crippen LogP contribution in [0.15, 0.2) is 18.2 Å². The van der Waals surface area contributed by atoms with Crippen molar-refractivity contribution in [2.75, 3.05) is 18.9 Å². The summed E-state index contributed by atoms with van der Waals surface area (Å²) in [6.07, 6.45) is 0. The smallest absolute Gasteiger partial charge is 0.311 e. The molecule has 1 aromatic rings. The number of benzene rings is 1. The van der Waals surface area contributed by atoms with Gasteiger partial charge in [-0.2, -0.15) is 0 Å². The summed E-state index contributed by atoms with van der Waals surface area (Å²) in [6, 6.07) is 4.62. The van der Waals surface area contributed by atoms with Gasteiger partial charge in [0, 0.05) is 5.69 Å². The number of hydrogen-bond acceptors (Lipinski definition) is 4. The molecule has 1 aliphatic heterocycles. The van der Waals surface area contributed by atoms with Crippen LogP contribution in [0.3, 0.4) is 0 Å². The number of nitrogen functional groups attached to an aromatic ring is 1. The Labute approximate surface area is 110 Å². The highest BCUT2D eigenvalue weighted by atomic mass is 16.5. The Kier molecular flexibility index (Phi) is 3.71. The van der Waals surface area contributed by atoms with Crippen LogP contribution in [0.1, 0.15) is 15.9 Å². The van der Waals surface area contributed by atoms with Gasteiger partial charge in [-0.05, 0) is 19.1 Å². The molecule has 6 heteroatoms. The van der Waals surface area contributed by atoms with E-state index in [0.29, 0.717) is 11.3 Å².